The molecule has 1 rings (SSSR count). The van der Waals surface area contributed by atoms with Gasteiger partial charge in [0.05, 0.1) is 0 Å². The SMILES string of the molecule is C=CCC[C@@H]1CC(=O)C=CN1. The van der Waals surface area contributed by atoms with Crippen LogP contribution in [-0.4, -0.2) is 11.8 Å². The maximum Gasteiger partial charge on any atom is 0.159 e. The molecule has 1 aliphatic rings. The van der Waals surface area contributed by atoms with Crippen LogP contribution < -0.4 is 5.32 Å². The van der Waals surface area contributed by atoms with Crippen LogP contribution in [0.3, 0.4) is 0 Å². The first-order chi connectivity index (χ1) is 5.33. The molecule has 0 radical (unpaired) electrons. The van der Waals surface area contributed by atoms with Gasteiger partial charge in [0, 0.05) is 18.7 Å². The van der Waals surface area contributed by atoms with Crippen molar-refractivity contribution in [2.45, 2.75) is 25.3 Å². The molecule has 2 nitrogen and oxygen atoms in total. The lowest BCUT2D eigenvalue weighted by molar-refractivity contribution is -0.115. The molecule has 0 aromatic heterocycles. The average Bonchev–Trinajstić information content (AvgIpc) is 2.01. The highest BCUT2D eigenvalue weighted by Gasteiger charge is 2.12. The first-order valence-electron chi connectivity index (χ1n) is 3.89. The zero-order chi connectivity index (χ0) is 8.10. The molecule has 1 heterocycles. The Labute approximate surface area is 67.0 Å². The van der Waals surface area contributed by atoms with Gasteiger partial charge in [-0.15, -0.1) is 6.58 Å². The minimum Gasteiger partial charge on any atom is -0.388 e. The lowest BCUT2D eigenvalue weighted by Crippen LogP contribution is -2.30. The van der Waals surface area contributed by atoms with Gasteiger partial charge in [-0.3, -0.25) is 4.79 Å². The molecule has 0 aromatic rings. The third-order valence-corrected chi connectivity index (χ3v) is 1.77. The summed E-state index contributed by atoms with van der Waals surface area (Å²) < 4.78 is 0. The standard InChI is InChI=1S/C9H13NO/c1-2-3-4-8-7-9(11)5-6-10-8/h2,5-6,8,10H,1,3-4,7H2/t8-/m1/s1. The molecule has 1 N–H and O–H groups in total. The van der Waals surface area contributed by atoms with E-state index in [-0.39, 0.29) is 5.78 Å². The predicted molar refractivity (Wildman–Crippen MR) is 45.1 cm³/mol. The molecule has 0 spiro atoms. The fraction of sp³-hybridized carbons (Fsp3) is 0.444. The highest BCUT2D eigenvalue weighted by atomic mass is 16.1. The summed E-state index contributed by atoms with van der Waals surface area (Å²) in [6.07, 6.45) is 7.80. The maximum atomic E-state index is 10.9. The predicted octanol–water partition coefficient (Wildman–Crippen LogP) is 1.40. The minimum atomic E-state index is 0.220. The van der Waals surface area contributed by atoms with E-state index in [2.05, 4.69) is 11.9 Å². The highest BCUT2D eigenvalue weighted by Crippen LogP contribution is 2.07. The summed E-state index contributed by atoms with van der Waals surface area (Å²) in [4.78, 5) is 10.9. The molecular weight excluding hydrogens is 138 g/mol. The molecule has 0 unspecified atom stereocenters. The summed E-state index contributed by atoms with van der Waals surface area (Å²) in [5.74, 6) is 0.220. The first kappa shape index (κ1) is 8.05. The van der Waals surface area contributed by atoms with Crippen LogP contribution in [0.1, 0.15) is 19.3 Å². The minimum absolute atomic E-state index is 0.220. The molecule has 0 amide bonds. The molecule has 1 atom stereocenters. The molecule has 0 saturated carbocycles. The number of carbonyl (C=O) groups is 1. The second-order valence-corrected chi connectivity index (χ2v) is 2.73. The zero-order valence-corrected chi connectivity index (χ0v) is 6.55. The maximum absolute atomic E-state index is 10.9. The number of hydrogen-bond acceptors (Lipinski definition) is 2. The normalized spacial score (nSPS) is 22.9. The number of carbonyl (C=O) groups excluding carboxylic acids is 1. The quantitative estimate of drug-likeness (QED) is 0.618. The summed E-state index contributed by atoms with van der Waals surface area (Å²) in [7, 11) is 0. The van der Waals surface area contributed by atoms with Gasteiger partial charge < -0.3 is 5.32 Å². The topological polar surface area (TPSA) is 29.1 Å². The van der Waals surface area contributed by atoms with Crippen LogP contribution in [0.4, 0.5) is 0 Å². The van der Waals surface area contributed by atoms with Gasteiger partial charge in [0.2, 0.25) is 0 Å². The van der Waals surface area contributed by atoms with Crippen LogP contribution >= 0.6 is 0 Å². The number of rotatable bonds is 3. The van der Waals surface area contributed by atoms with Gasteiger partial charge in [-0.2, -0.15) is 0 Å². The van der Waals surface area contributed by atoms with Gasteiger partial charge in [-0.1, -0.05) is 6.08 Å². The van der Waals surface area contributed by atoms with E-state index in [1.165, 1.54) is 0 Å². The van der Waals surface area contributed by atoms with Crippen LogP contribution in [0.15, 0.2) is 24.9 Å². The molecule has 0 aromatic carbocycles. The number of allylic oxidation sites excluding steroid dienone is 2. The summed E-state index contributed by atoms with van der Waals surface area (Å²) in [6.45, 7) is 3.63. The van der Waals surface area contributed by atoms with E-state index in [9.17, 15) is 4.79 Å². The number of ketones is 1. The average molecular weight is 151 g/mol. The number of hydrogen-bond donors (Lipinski definition) is 1. The largest absolute Gasteiger partial charge is 0.388 e. The third-order valence-electron chi connectivity index (χ3n) is 1.77. The summed E-state index contributed by atoms with van der Waals surface area (Å²) in [6, 6.07) is 0.325. The summed E-state index contributed by atoms with van der Waals surface area (Å²) in [5.41, 5.74) is 0. The van der Waals surface area contributed by atoms with E-state index < -0.39 is 0 Å². The van der Waals surface area contributed by atoms with E-state index in [1.54, 1.807) is 12.3 Å². The molecule has 0 saturated heterocycles. The molecule has 0 bridgehead atoms. The van der Waals surface area contributed by atoms with Crippen molar-refractivity contribution in [1.29, 1.82) is 0 Å². The molecule has 60 valence electrons. The first-order valence-corrected chi connectivity index (χ1v) is 3.89. The van der Waals surface area contributed by atoms with Crippen molar-refractivity contribution in [3.05, 3.63) is 24.9 Å². The van der Waals surface area contributed by atoms with Crippen molar-refractivity contribution in [3.63, 3.8) is 0 Å². The van der Waals surface area contributed by atoms with Crippen molar-refractivity contribution in [2.24, 2.45) is 0 Å². The van der Waals surface area contributed by atoms with Crippen molar-refractivity contribution < 1.29 is 4.79 Å². The molecule has 1 aliphatic heterocycles. The van der Waals surface area contributed by atoms with Crippen molar-refractivity contribution >= 4 is 5.78 Å². The fourth-order valence-electron chi connectivity index (χ4n) is 1.15. The monoisotopic (exact) mass is 151 g/mol. The Morgan fingerprint density at radius 2 is 2.64 bits per heavy atom. The van der Waals surface area contributed by atoms with Crippen molar-refractivity contribution in [3.8, 4) is 0 Å². The molecule has 11 heavy (non-hydrogen) atoms. The van der Waals surface area contributed by atoms with E-state index in [1.807, 2.05) is 6.08 Å². The lowest BCUT2D eigenvalue weighted by Gasteiger charge is -2.18. The molecular formula is C9H13NO. The zero-order valence-electron chi connectivity index (χ0n) is 6.55. The smallest absolute Gasteiger partial charge is 0.159 e. The summed E-state index contributed by atoms with van der Waals surface area (Å²) >= 11 is 0. The van der Waals surface area contributed by atoms with E-state index in [0.29, 0.717) is 12.5 Å². The number of nitrogens with one attached hydrogen (secondary N) is 1. The van der Waals surface area contributed by atoms with Gasteiger partial charge in [0.15, 0.2) is 5.78 Å². The fourth-order valence-corrected chi connectivity index (χ4v) is 1.15. The Balaban J connectivity index is 2.31. The van der Waals surface area contributed by atoms with Gasteiger partial charge in [-0.25, -0.2) is 0 Å². The van der Waals surface area contributed by atoms with Gasteiger partial charge in [0.1, 0.15) is 0 Å². The van der Waals surface area contributed by atoms with Crippen LogP contribution in [0.5, 0.6) is 0 Å². The second-order valence-electron chi connectivity index (χ2n) is 2.73. The Morgan fingerprint density at radius 3 is 3.27 bits per heavy atom. The van der Waals surface area contributed by atoms with Gasteiger partial charge in [0.25, 0.3) is 0 Å². The van der Waals surface area contributed by atoms with Crippen LogP contribution in [0.25, 0.3) is 0 Å². The highest BCUT2D eigenvalue weighted by molar-refractivity contribution is 5.90. The molecule has 0 fully saturated rings. The Hall–Kier alpha value is -1.05. The third kappa shape index (κ3) is 2.58. The molecule has 2 heteroatoms. The van der Waals surface area contributed by atoms with E-state index >= 15 is 0 Å². The van der Waals surface area contributed by atoms with Crippen molar-refractivity contribution in [1.82, 2.24) is 5.32 Å². The van der Waals surface area contributed by atoms with E-state index in [4.69, 9.17) is 0 Å². The van der Waals surface area contributed by atoms with Crippen molar-refractivity contribution in [2.75, 3.05) is 0 Å². The molecule has 0 aliphatic carbocycles. The van der Waals surface area contributed by atoms with Crippen LogP contribution in [0, 0.1) is 0 Å². The van der Waals surface area contributed by atoms with E-state index in [0.717, 1.165) is 12.8 Å². The second kappa shape index (κ2) is 3.96. The Morgan fingerprint density at radius 1 is 1.82 bits per heavy atom. The Bertz CT molecular complexity index is 184. The van der Waals surface area contributed by atoms with Gasteiger partial charge in [-0.05, 0) is 18.9 Å². The van der Waals surface area contributed by atoms with Crippen LogP contribution in [0.2, 0.25) is 0 Å². The Kier molecular flexibility index (Phi) is 2.90. The lowest BCUT2D eigenvalue weighted by atomic mass is 10.0. The van der Waals surface area contributed by atoms with Crippen LogP contribution in [-0.2, 0) is 4.79 Å². The summed E-state index contributed by atoms with van der Waals surface area (Å²) in [5, 5.41) is 3.14. The van der Waals surface area contributed by atoms with Gasteiger partial charge >= 0.3 is 0 Å².